The van der Waals surface area contributed by atoms with Gasteiger partial charge in [0.2, 0.25) is 0 Å². The lowest BCUT2D eigenvalue weighted by molar-refractivity contribution is -0.174. The van der Waals surface area contributed by atoms with Crippen LogP contribution in [-0.2, 0) is 4.74 Å². The monoisotopic (exact) mass is 190 g/mol. The van der Waals surface area contributed by atoms with Crippen LogP contribution in [0.3, 0.4) is 0 Å². The van der Waals surface area contributed by atoms with E-state index < -0.39 is 0 Å². The topological polar surface area (TPSA) is 9.23 Å². The summed E-state index contributed by atoms with van der Waals surface area (Å²) in [6.07, 6.45) is 16.5. The molecule has 0 aromatic carbocycles. The molecule has 0 aromatic rings. The molecular weight excluding hydrogens is 172 g/mol. The van der Waals surface area contributed by atoms with Crippen molar-refractivity contribution in [2.24, 2.45) is 10.8 Å². The molecule has 76 valence electrons. The third kappa shape index (κ3) is 0.802. The van der Waals surface area contributed by atoms with Gasteiger partial charge in [-0.1, -0.05) is 37.1 Å². The van der Waals surface area contributed by atoms with E-state index in [0.717, 1.165) is 0 Å². The Balaban J connectivity index is 2.00. The summed E-state index contributed by atoms with van der Waals surface area (Å²) >= 11 is 0. The molecule has 2 fully saturated rings. The molecule has 0 N–H and O–H groups in total. The molecule has 1 nitrogen and oxygen atoms in total. The number of rotatable bonds is 1. The lowest BCUT2D eigenvalue weighted by Gasteiger charge is -2.65. The first kappa shape index (κ1) is 8.72. The van der Waals surface area contributed by atoms with Gasteiger partial charge in [0.1, 0.15) is 0 Å². The van der Waals surface area contributed by atoms with Crippen LogP contribution in [0, 0.1) is 10.8 Å². The zero-order chi connectivity index (χ0) is 9.65. The van der Waals surface area contributed by atoms with E-state index in [1.54, 1.807) is 0 Å². The summed E-state index contributed by atoms with van der Waals surface area (Å²) < 4.78 is 5.63. The number of ether oxygens (including phenoxy) is 1. The Morgan fingerprint density at radius 1 is 1.14 bits per heavy atom. The molecule has 0 saturated heterocycles. The van der Waals surface area contributed by atoms with Gasteiger partial charge in [-0.15, -0.1) is 0 Å². The Morgan fingerprint density at radius 2 is 1.93 bits per heavy atom. The Morgan fingerprint density at radius 3 is 2.79 bits per heavy atom. The minimum Gasteiger partial charge on any atom is -0.380 e. The van der Waals surface area contributed by atoms with Crippen molar-refractivity contribution >= 4 is 0 Å². The summed E-state index contributed by atoms with van der Waals surface area (Å²) in [5.41, 5.74) is 0.843. The number of hydrogen-bond donors (Lipinski definition) is 0. The van der Waals surface area contributed by atoms with Crippen molar-refractivity contribution in [3.8, 4) is 0 Å². The minimum atomic E-state index is 0.370. The highest BCUT2D eigenvalue weighted by Crippen LogP contribution is 2.67. The molecule has 2 saturated carbocycles. The maximum atomic E-state index is 5.63. The van der Waals surface area contributed by atoms with E-state index in [-0.39, 0.29) is 0 Å². The van der Waals surface area contributed by atoms with E-state index in [0.29, 0.717) is 16.9 Å². The predicted molar refractivity (Wildman–Crippen MR) is 57.0 cm³/mol. The molecule has 1 heteroatoms. The lowest BCUT2D eigenvalue weighted by Crippen LogP contribution is -2.62. The van der Waals surface area contributed by atoms with Crippen molar-refractivity contribution in [1.82, 2.24) is 0 Å². The molecule has 0 aliphatic heterocycles. The second kappa shape index (κ2) is 2.73. The summed E-state index contributed by atoms with van der Waals surface area (Å²) in [5, 5.41) is 0. The molecule has 3 atom stereocenters. The highest BCUT2D eigenvalue weighted by molar-refractivity contribution is 5.34. The largest absolute Gasteiger partial charge is 0.380 e. The van der Waals surface area contributed by atoms with E-state index in [1.165, 1.54) is 32.1 Å². The minimum absolute atomic E-state index is 0.370. The predicted octanol–water partition coefficient (Wildman–Crippen LogP) is 3.08. The fourth-order valence-electron chi connectivity index (χ4n) is 3.92. The van der Waals surface area contributed by atoms with Gasteiger partial charge < -0.3 is 4.74 Å². The normalized spacial score (nSPS) is 49.4. The van der Waals surface area contributed by atoms with Crippen LogP contribution < -0.4 is 0 Å². The zero-order valence-electron chi connectivity index (χ0n) is 8.83. The molecule has 0 unspecified atom stereocenters. The highest BCUT2D eigenvalue weighted by atomic mass is 16.5. The molecule has 3 aliphatic rings. The first-order valence-electron chi connectivity index (χ1n) is 5.73. The summed E-state index contributed by atoms with van der Waals surface area (Å²) in [5.74, 6) is 0. The van der Waals surface area contributed by atoms with E-state index in [9.17, 15) is 0 Å². The molecule has 14 heavy (non-hydrogen) atoms. The maximum absolute atomic E-state index is 5.63. The number of hydrogen-bond acceptors (Lipinski definition) is 1. The van der Waals surface area contributed by atoms with Crippen molar-refractivity contribution < 1.29 is 4.74 Å². The second-order valence-corrected chi connectivity index (χ2v) is 5.05. The van der Waals surface area contributed by atoms with Crippen LogP contribution in [0.15, 0.2) is 24.3 Å². The maximum Gasteiger partial charge on any atom is 0.0679 e. The van der Waals surface area contributed by atoms with Gasteiger partial charge in [-0.3, -0.25) is 0 Å². The van der Waals surface area contributed by atoms with Gasteiger partial charge in [-0.2, -0.15) is 0 Å². The fourth-order valence-corrected chi connectivity index (χ4v) is 3.92. The summed E-state index contributed by atoms with van der Waals surface area (Å²) in [4.78, 5) is 0. The molecule has 0 aromatic heterocycles. The van der Waals surface area contributed by atoms with Crippen LogP contribution in [0.25, 0.3) is 0 Å². The van der Waals surface area contributed by atoms with Gasteiger partial charge in [0.05, 0.1) is 6.10 Å². The molecule has 0 amide bonds. The van der Waals surface area contributed by atoms with Crippen LogP contribution in [0.4, 0.5) is 0 Å². The van der Waals surface area contributed by atoms with Crippen molar-refractivity contribution in [1.29, 1.82) is 0 Å². The fraction of sp³-hybridized carbons (Fsp3) is 0.692. The van der Waals surface area contributed by atoms with Crippen LogP contribution in [-0.4, -0.2) is 13.2 Å². The first-order valence-corrected chi connectivity index (χ1v) is 5.73. The molecule has 0 radical (unpaired) electrons. The molecular formula is C13H18O. The second-order valence-electron chi connectivity index (χ2n) is 5.05. The molecule has 3 rings (SSSR count). The average molecular weight is 190 g/mol. The van der Waals surface area contributed by atoms with Gasteiger partial charge in [-0.25, -0.2) is 0 Å². The van der Waals surface area contributed by atoms with E-state index in [1.807, 2.05) is 7.11 Å². The molecule has 0 bridgehead atoms. The lowest BCUT2D eigenvalue weighted by atomic mass is 9.41. The van der Waals surface area contributed by atoms with Gasteiger partial charge in [0, 0.05) is 17.9 Å². The summed E-state index contributed by atoms with van der Waals surface area (Å²) in [6.45, 7) is 0. The highest BCUT2D eigenvalue weighted by Gasteiger charge is 2.63. The zero-order valence-corrected chi connectivity index (χ0v) is 8.83. The third-order valence-corrected chi connectivity index (χ3v) is 4.72. The van der Waals surface area contributed by atoms with Crippen LogP contribution in [0.2, 0.25) is 0 Å². The smallest absolute Gasteiger partial charge is 0.0679 e. The van der Waals surface area contributed by atoms with Gasteiger partial charge in [0.25, 0.3) is 0 Å². The van der Waals surface area contributed by atoms with Crippen LogP contribution >= 0.6 is 0 Å². The Hall–Kier alpha value is -0.560. The standard InChI is InChI=1S/C13H18O/c1-14-11-10-12-6-2-4-8-13(11,12)9-5-3-7-12/h2,4,6,8,11H,3,5,7,9-10H2,1H3/t11-,12+,13-/m1/s1. The van der Waals surface area contributed by atoms with Gasteiger partial charge in [0.15, 0.2) is 0 Å². The van der Waals surface area contributed by atoms with E-state index >= 15 is 0 Å². The van der Waals surface area contributed by atoms with Gasteiger partial charge in [-0.05, 0) is 19.3 Å². The molecule has 0 heterocycles. The van der Waals surface area contributed by atoms with E-state index in [4.69, 9.17) is 4.74 Å². The van der Waals surface area contributed by atoms with Crippen LogP contribution in [0.1, 0.15) is 32.1 Å². The van der Waals surface area contributed by atoms with Crippen molar-refractivity contribution in [3.05, 3.63) is 24.3 Å². The third-order valence-electron chi connectivity index (χ3n) is 4.72. The Labute approximate surface area is 85.8 Å². The van der Waals surface area contributed by atoms with Crippen molar-refractivity contribution in [3.63, 3.8) is 0 Å². The van der Waals surface area contributed by atoms with Gasteiger partial charge >= 0.3 is 0 Å². The first-order chi connectivity index (χ1) is 6.83. The quantitative estimate of drug-likeness (QED) is 0.617. The SMILES string of the molecule is CO[C@@H]1C[C@@]23C=CC=C[C@@]12CCCC3. The molecule has 0 spiro atoms. The summed E-state index contributed by atoms with van der Waals surface area (Å²) in [7, 11) is 1.87. The average Bonchev–Trinajstić information content (AvgIpc) is 2.21. The number of methoxy groups -OCH3 is 1. The van der Waals surface area contributed by atoms with Crippen LogP contribution in [0.5, 0.6) is 0 Å². The van der Waals surface area contributed by atoms with E-state index in [2.05, 4.69) is 24.3 Å². The number of allylic oxidation sites excluding steroid dienone is 3. The van der Waals surface area contributed by atoms with Crippen molar-refractivity contribution in [2.45, 2.75) is 38.2 Å². The Bertz CT molecular complexity index is 304. The Kier molecular flexibility index (Phi) is 1.70. The molecule has 3 aliphatic carbocycles. The summed E-state index contributed by atoms with van der Waals surface area (Å²) in [6, 6.07) is 0. The van der Waals surface area contributed by atoms with Crippen molar-refractivity contribution in [2.75, 3.05) is 7.11 Å².